The molecule has 1 saturated carbocycles. The second kappa shape index (κ2) is 11.4. The van der Waals surface area contributed by atoms with Gasteiger partial charge >= 0.3 is 28.2 Å². The van der Waals surface area contributed by atoms with E-state index in [2.05, 4.69) is 9.42 Å². The summed E-state index contributed by atoms with van der Waals surface area (Å²) in [7, 11) is 4.61. The Bertz CT molecular complexity index is 135. The SMILES string of the molecule is CC(=O)O.N[C@@H]1CCCC[C@H]1N.[Cl][Pt]. The molecule has 0 saturated heterocycles. The van der Waals surface area contributed by atoms with Crippen molar-refractivity contribution < 1.29 is 28.7 Å². The standard InChI is InChI=1S/C6H14N2.C2H4O2.ClH.Pt/c7-5-3-1-2-4-6(5)8;1-2(3)4;;/h5-6H,1-4,7-8H2;1H3,(H,3,4);1H;/q;;;+1/p-1/t5-,6-;;;/m1.../s1. The van der Waals surface area contributed by atoms with Gasteiger partial charge < -0.3 is 16.6 Å². The molecule has 1 rings (SSSR count). The first-order valence-electron chi connectivity index (χ1n) is 4.36. The van der Waals surface area contributed by atoms with Gasteiger partial charge in [-0.15, -0.1) is 0 Å². The second-order valence-electron chi connectivity index (χ2n) is 3.13. The first-order valence-corrected chi connectivity index (χ1v) is 7.18. The fourth-order valence-corrected chi connectivity index (χ4v) is 1.19. The molecular formula is C8H18ClN2O2Pt. The summed E-state index contributed by atoms with van der Waals surface area (Å²) in [6, 6.07) is 0.562. The molecule has 0 aromatic heterocycles. The second-order valence-corrected chi connectivity index (χ2v) is 3.13. The van der Waals surface area contributed by atoms with Crippen molar-refractivity contribution in [3.05, 3.63) is 0 Å². The summed E-state index contributed by atoms with van der Waals surface area (Å²) >= 11 is 1.61. The fourth-order valence-electron chi connectivity index (χ4n) is 1.19. The predicted molar refractivity (Wildman–Crippen MR) is 53.6 cm³/mol. The number of halogens is 1. The van der Waals surface area contributed by atoms with Gasteiger partial charge in [0.05, 0.1) is 0 Å². The van der Waals surface area contributed by atoms with E-state index in [0.29, 0.717) is 0 Å². The maximum atomic E-state index is 9.00. The molecule has 1 aliphatic carbocycles. The van der Waals surface area contributed by atoms with E-state index in [1.807, 2.05) is 0 Å². The first kappa shape index (κ1) is 16.8. The van der Waals surface area contributed by atoms with Crippen LogP contribution in [0.4, 0.5) is 0 Å². The van der Waals surface area contributed by atoms with E-state index in [4.69, 9.17) is 21.4 Å². The Morgan fingerprint density at radius 3 is 1.64 bits per heavy atom. The van der Waals surface area contributed by atoms with Crippen LogP contribution in [0.2, 0.25) is 0 Å². The number of nitrogens with two attached hydrogens (primary N) is 2. The Labute approximate surface area is 100 Å². The average Bonchev–Trinajstić information content (AvgIpc) is 2.13. The summed E-state index contributed by atoms with van der Waals surface area (Å²) in [4.78, 5) is 9.00. The van der Waals surface area contributed by atoms with E-state index in [-0.39, 0.29) is 12.1 Å². The van der Waals surface area contributed by atoms with Crippen LogP contribution in [0.15, 0.2) is 0 Å². The molecule has 0 amide bonds. The van der Waals surface area contributed by atoms with Gasteiger partial charge in [0.1, 0.15) is 0 Å². The zero-order valence-corrected chi connectivity index (χ0v) is 11.2. The molecule has 0 heterocycles. The Balaban J connectivity index is 0. The third-order valence-corrected chi connectivity index (χ3v) is 1.87. The normalized spacial score (nSPS) is 25.0. The van der Waals surface area contributed by atoms with E-state index < -0.39 is 5.97 Å². The van der Waals surface area contributed by atoms with Crippen LogP contribution in [0.25, 0.3) is 0 Å². The van der Waals surface area contributed by atoms with Gasteiger partial charge in [-0.3, -0.25) is 4.79 Å². The van der Waals surface area contributed by atoms with Gasteiger partial charge in [-0.2, -0.15) is 0 Å². The Hall–Kier alpha value is 0.368. The van der Waals surface area contributed by atoms with E-state index >= 15 is 0 Å². The van der Waals surface area contributed by atoms with Crippen molar-refractivity contribution in [3.8, 4) is 0 Å². The maximum absolute atomic E-state index is 9.00. The molecule has 0 aromatic rings. The summed E-state index contributed by atoms with van der Waals surface area (Å²) in [6.07, 6.45) is 4.80. The van der Waals surface area contributed by atoms with Crippen LogP contribution < -0.4 is 11.5 Å². The van der Waals surface area contributed by atoms with Gasteiger partial charge in [0, 0.05) is 19.0 Å². The molecule has 0 radical (unpaired) electrons. The third-order valence-electron chi connectivity index (χ3n) is 1.87. The van der Waals surface area contributed by atoms with E-state index in [0.717, 1.165) is 19.8 Å². The Morgan fingerprint density at radius 2 is 1.50 bits per heavy atom. The monoisotopic (exact) mass is 404 g/mol. The predicted octanol–water partition coefficient (Wildman–Crippen LogP) is 0.993. The van der Waals surface area contributed by atoms with Gasteiger partial charge in [0.25, 0.3) is 5.97 Å². The summed E-state index contributed by atoms with van der Waals surface area (Å²) in [5.74, 6) is -0.833. The number of carboxylic acid groups (broad SMARTS) is 1. The van der Waals surface area contributed by atoms with Gasteiger partial charge in [-0.1, -0.05) is 12.8 Å². The van der Waals surface area contributed by atoms with E-state index in [1.165, 1.54) is 12.8 Å². The zero-order valence-electron chi connectivity index (χ0n) is 8.19. The number of rotatable bonds is 0. The van der Waals surface area contributed by atoms with Crippen molar-refractivity contribution in [1.29, 1.82) is 0 Å². The average molecular weight is 405 g/mol. The van der Waals surface area contributed by atoms with Crippen LogP contribution in [0, 0.1) is 0 Å². The Morgan fingerprint density at radius 1 is 1.29 bits per heavy atom. The molecular weight excluding hydrogens is 387 g/mol. The summed E-state index contributed by atoms with van der Waals surface area (Å²) in [5, 5.41) is 7.42. The first-order chi connectivity index (χ1) is 6.54. The molecule has 5 N–H and O–H groups in total. The number of hydrogen-bond acceptors (Lipinski definition) is 3. The molecule has 2 atom stereocenters. The van der Waals surface area contributed by atoms with Crippen molar-refractivity contribution in [3.63, 3.8) is 0 Å². The van der Waals surface area contributed by atoms with Crippen molar-refractivity contribution in [2.75, 3.05) is 0 Å². The molecule has 4 nitrogen and oxygen atoms in total. The van der Waals surface area contributed by atoms with Crippen LogP contribution in [0.5, 0.6) is 0 Å². The van der Waals surface area contributed by atoms with Crippen LogP contribution in [0.3, 0.4) is 0 Å². The van der Waals surface area contributed by atoms with Crippen LogP contribution in [-0.4, -0.2) is 23.2 Å². The number of carbonyl (C=O) groups is 1. The topological polar surface area (TPSA) is 89.3 Å². The molecule has 1 aliphatic rings. The van der Waals surface area contributed by atoms with Crippen LogP contribution in [0.1, 0.15) is 32.6 Å². The molecule has 0 aliphatic heterocycles. The van der Waals surface area contributed by atoms with Crippen molar-refractivity contribution in [1.82, 2.24) is 0 Å². The summed E-state index contributed by atoms with van der Waals surface area (Å²) in [6.45, 7) is 1.08. The molecule has 0 spiro atoms. The quantitative estimate of drug-likeness (QED) is 0.562. The van der Waals surface area contributed by atoms with E-state index in [9.17, 15) is 0 Å². The molecule has 89 valence electrons. The third kappa shape index (κ3) is 12.4. The van der Waals surface area contributed by atoms with Crippen molar-refractivity contribution in [2.24, 2.45) is 11.5 Å². The fraction of sp³-hybridized carbons (Fsp3) is 0.875. The van der Waals surface area contributed by atoms with Gasteiger partial charge in [-0.05, 0) is 12.8 Å². The van der Waals surface area contributed by atoms with Crippen LogP contribution >= 0.6 is 9.42 Å². The minimum atomic E-state index is -0.833. The van der Waals surface area contributed by atoms with Gasteiger partial charge in [0.15, 0.2) is 0 Å². The number of carboxylic acids is 1. The Kier molecular flexibility index (Phi) is 13.7. The molecule has 14 heavy (non-hydrogen) atoms. The molecule has 1 fully saturated rings. The zero-order chi connectivity index (χ0) is 11.6. The summed E-state index contributed by atoms with van der Waals surface area (Å²) in [5.41, 5.74) is 11.3. The van der Waals surface area contributed by atoms with Gasteiger partial charge in [0.2, 0.25) is 0 Å². The van der Waals surface area contributed by atoms with Crippen molar-refractivity contribution >= 4 is 15.4 Å². The molecule has 0 bridgehead atoms. The van der Waals surface area contributed by atoms with E-state index in [1.54, 1.807) is 18.8 Å². The number of hydrogen-bond donors (Lipinski definition) is 3. The summed E-state index contributed by atoms with van der Waals surface area (Å²) < 4.78 is 0. The molecule has 6 heteroatoms. The molecule has 0 aromatic carbocycles. The molecule has 0 unspecified atom stereocenters. The van der Waals surface area contributed by atoms with Crippen molar-refractivity contribution in [2.45, 2.75) is 44.7 Å². The minimum absolute atomic E-state index is 0.281. The van der Waals surface area contributed by atoms with Crippen LogP contribution in [-0.2, 0) is 23.6 Å². The van der Waals surface area contributed by atoms with Gasteiger partial charge in [-0.25, -0.2) is 0 Å². The number of aliphatic carboxylic acids is 1.